The highest BCUT2D eigenvalue weighted by molar-refractivity contribution is 6.04. The summed E-state index contributed by atoms with van der Waals surface area (Å²) in [6, 6.07) is 9.40. The maximum atomic E-state index is 13.6. The molecule has 1 N–H and O–H groups in total. The maximum Gasteiger partial charge on any atom is 0.261 e. The predicted molar refractivity (Wildman–Crippen MR) is 82.0 cm³/mol. The molecular weight excluding hydrogens is 319 g/mol. The molecule has 3 aromatic rings. The number of benzene rings is 2. The summed E-state index contributed by atoms with van der Waals surface area (Å²) in [5.74, 6) is -3.19. The minimum absolute atomic E-state index is 0.163. The molecule has 0 saturated carbocycles. The molecule has 4 nitrogen and oxygen atoms in total. The van der Waals surface area contributed by atoms with Crippen LogP contribution in [-0.4, -0.2) is 15.7 Å². The molecule has 1 heterocycles. The van der Waals surface area contributed by atoms with Crippen molar-refractivity contribution < 1.29 is 18.0 Å². The van der Waals surface area contributed by atoms with Gasteiger partial charge in [0, 0.05) is 11.8 Å². The maximum absolute atomic E-state index is 13.6. The highest BCUT2D eigenvalue weighted by atomic mass is 19.1. The number of carbonyl (C=O) groups excluding carboxylic acids is 1. The number of carbonyl (C=O) groups is 1. The van der Waals surface area contributed by atoms with Crippen LogP contribution in [0.2, 0.25) is 0 Å². The third kappa shape index (κ3) is 3.29. The summed E-state index contributed by atoms with van der Waals surface area (Å²) in [4.78, 5) is 12.0. The minimum Gasteiger partial charge on any atom is -0.319 e. The van der Waals surface area contributed by atoms with Gasteiger partial charge in [0.1, 0.15) is 23.0 Å². The van der Waals surface area contributed by atoms with Crippen molar-refractivity contribution in [2.75, 3.05) is 5.32 Å². The van der Waals surface area contributed by atoms with Gasteiger partial charge in [-0.2, -0.15) is 5.10 Å². The zero-order valence-electron chi connectivity index (χ0n) is 12.3. The van der Waals surface area contributed by atoms with Gasteiger partial charge in [-0.25, -0.2) is 13.2 Å². The molecule has 122 valence electrons. The van der Waals surface area contributed by atoms with E-state index in [0.717, 1.165) is 12.1 Å². The van der Waals surface area contributed by atoms with Crippen molar-refractivity contribution in [1.82, 2.24) is 9.78 Å². The Hall–Kier alpha value is -3.09. The molecule has 0 spiro atoms. The van der Waals surface area contributed by atoms with Crippen LogP contribution in [0.3, 0.4) is 0 Å². The number of hydrogen-bond donors (Lipinski definition) is 1. The number of halogens is 3. The van der Waals surface area contributed by atoms with E-state index in [1.165, 1.54) is 29.2 Å². The van der Waals surface area contributed by atoms with Gasteiger partial charge in [0.25, 0.3) is 5.91 Å². The van der Waals surface area contributed by atoms with E-state index in [2.05, 4.69) is 10.4 Å². The fourth-order valence-electron chi connectivity index (χ4n) is 2.22. The number of rotatable bonds is 4. The molecule has 0 atom stereocenters. The average Bonchev–Trinajstić information content (AvgIpc) is 2.96. The molecule has 1 amide bonds. The van der Waals surface area contributed by atoms with Gasteiger partial charge in [-0.05, 0) is 18.2 Å². The summed E-state index contributed by atoms with van der Waals surface area (Å²) in [6.07, 6.45) is 2.76. The minimum atomic E-state index is -0.953. The van der Waals surface area contributed by atoms with Crippen LogP contribution in [0, 0.1) is 17.5 Å². The molecule has 2 aromatic carbocycles. The first-order chi connectivity index (χ1) is 11.5. The first-order valence-corrected chi connectivity index (χ1v) is 7.06. The van der Waals surface area contributed by atoms with E-state index < -0.39 is 23.1 Å². The van der Waals surface area contributed by atoms with Gasteiger partial charge in [-0.3, -0.25) is 9.48 Å². The van der Waals surface area contributed by atoms with Crippen LogP contribution >= 0.6 is 0 Å². The van der Waals surface area contributed by atoms with Crippen LogP contribution in [0.4, 0.5) is 18.9 Å². The number of anilines is 1. The number of aromatic nitrogens is 2. The van der Waals surface area contributed by atoms with E-state index in [9.17, 15) is 18.0 Å². The molecule has 0 radical (unpaired) electrons. The van der Waals surface area contributed by atoms with Crippen LogP contribution < -0.4 is 5.32 Å². The second-order valence-electron chi connectivity index (χ2n) is 5.07. The topological polar surface area (TPSA) is 46.9 Å². The third-order valence-corrected chi connectivity index (χ3v) is 3.37. The lowest BCUT2D eigenvalue weighted by Crippen LogP contribution is -2.15. The van der Waals surface area contributed by atoms with Gasteiger partial charge < -0.3 is 5.32 Å². The zero-order chi connectivity index (χ0) is 17.1. The SMILES string of the molecule is O=C(Nc1cnn(Cc2ccccc2F)c1)c1c(F)cccc1F. The van der Waals surface area contributed by atoms with Gasteiger partial charge in [0.2, 0.25) is 0 Å². The van der Waals surface area contributed by atoms with Gasteiger partial charge in [-0.15, -0.1) is 0 Å². The lowest BCUT2D eigenvalue weighted by molar-refractivity contribution is 0.101. The van der Waals surface area contributed by atoms with Gasteiger partial charge in [0.15, 0.2) is 0 Å². The Kier molecular flexibility index (Phi) is 4.33. The van der Waals surface area contributed by atoms with Crippen molar-refractivity contribution in [2.45, 2.75) is 6.54 Å². The molecule has 24 heavy (non-hydrogen) atoms. The average molecular weight is 331 g/mol. The highest BCUT2D eigenvalue weighted by Crippen LogP contribution is 2.16. The second-order valence-corrected chi connectivity index (χ2v) is 5.07. The Morgan fingerprint density at radius 1 is 1.00 bits per heavy atom. The van der Waals surface area contributed by atoms with E-state index in [-0.39, 0.29) is 18.0 Å². The van der Waals surface area contributed by atoms with Crippen molar-refractivity contribution >= 4 is 11.6 Å². The van der Waals surface area contributed by atoms with Crippen LogP contribution in [-0.2, 0) is 6.54 Å². The Balaban J connectivity index is 1.75. The summed E-state index contributed by atoms with van der Waals surface area (Å²) in [5.41, 5.74) is 0.0111. The Bertz CT molecular complexity index is 872. The molecule has 1 aromatic heterocycles. The quantitative estimate of drug-likeness (QED) is 0.794. The van der Waals surface area contributed by atoms with Gasteiger partial charge >= 0.3 is 0 Å². The lowest BCUT2D eigenvalue weighted by Gasteiger charge is -2.05. The van der Waals surface area contributed by atoms with Crippen LogP contribution in [0.5, 0.6) is 0 Å². The molecule has 0 bridgehead atoms. The van der Waals surface area contributed by atoms with E-state index >= 15 is 0 Å². The molecule has 7 heteroatoms. The second kappa shape index (κ2) is 6.57. The van der Waals surface area contributed by atoms with Crippen LogP contribution in [0.15, 0.2) is 54.9 Å². The highest BCUT2D eigenvalue weighted by Gasteiger charge is 2.17. The predicted octanol–water partition coefficient (Wildman–Crippen LogP) is 3.60. The largest absolute Gasteiger partial charge is 0.319 e. The number of nitrogens with zero attached hydrogens (tertiary/aromatic N) is 2. The van der Waals surface area contributed by atoms with Crippen LogP contribution in [0.25, 0.3) is 0 Å². The molecule has 0 saturated heterocycles. The summed E-state index contributed by atoms with van der Waals surface area (Å²) in [6.45, 7) is 0.163. The molecule has 3 rings (SSSR count). The number of hydrogen-bond acceptors (Lipinski definition) is 2. The fraction of sp³-hybridized carbons (Fsp3) is 0.0588. The molecule has 0 aliphatic heterocycles. The zero-order valence-corrected chi connectivity index (χ0v) is 12.3. The summed E-state index contributed by atoms with van der Waals surface area (Å²) in [7, 11) is 0. The molecule has 0 fully saturated rings. The fourth-order valence-corrected chi connectivity index (χ4v) is 2.22. The van der Waals surface area contributed by atoms with E-state index in [0.29, 0.717) is 5.56 Å². The van der Waals surface area contributed by atoms with E-state index in [4.69, 9.17) is 0 Å². The van der Waals surface area contributed by atoms with Crippen molar-refractivity contribution in [2.24, 2.45) is 0 Å². The van der Waals surface area contributed by atoms with E-state index in [1.807, 2.05) is 0 Å². The Morgan fingerprint density at radius 2 is 1.67 bits per heavy atom. The smallest absolute Gasteiger partial charge is 0.261 e. The normalized spacial score (nSPS) is 10.6. The van der Waals surface area contributed by atoms with Crippen molar-refractivity contribution in [1.29, 1.82) is 0 Å². The standard InChI is InChI=1S/C17H12F3N3O/c18-13-5-2-1-4-11(13)9-23-10-12(8-21-23)22-17(24)16-14(19)6-3-7-15(16)20/h1-8,10H,9H2,(H,22,24). The molecule has 0 aliphatic carbocycles. The van der Waals surface area contributed by atoms with Crippen molar-refractivity contribution in [3.05, 3.63) is 83.4 Å². The third-order valence-electron chi connectivity index (χ3n) is 3.37. The number of nitrogens with one attached hydrogen (secondary N) is 1. The van der Waals surface area contributed by atoms with Crippen LogP contribution in [0.1, 0.15) is 15.9 Å². The summed E-state index contributed by atoms with van der Waals surface area (Å²) < 4.78 is 42.2. The molecule has 0 unspecified atom stereocenters. The van der Waals surface area contributed by atoms with E-state index in [1.54, 1.807) is 18.2 Å². The molecular formula is C17H12F3N3O. The van der Waals surface area contributed by atoms with Crippen molar-refractivity contribution in [3.8, 4) is 0 Å². The lowest BCUT2D eigenvalue weighted by atomic mass is 10.2. The molecule has 0 aliphatic rings. The van der Waals surface area contributed by atoms with Crippen molar-refractivity contribution in [3.63, 3.8) is 0 Å². The first-order valence-electron chi connectivity index (χ1n) is 7.06. The van der Waals surface area contributed by atoms with Gasteiger partial charge in [0.05, 0.1) is 18.4 Å². The number of amides is 1. The van der Waals surface area contributed by atoms with Gasteiger partial charge in [-0.1, -0.05) is 24.3 Å². The Labute approximate surface area is 135 Å². The summed E-state index contributed by atoms with van der Waals surface area (Å²) >= 11 is 0. The summed E-state index contributed by atoms with van der Waals surface area (Å²) in [5, 5.41) is 6.36. The Morgan fingerprint density at radius 3 is 2.38 bits per heavy atom. The monoisotopic (exact) mass is 331 g/mol. The first kappa shape index (κ1) is 15.8.